The van der Waals surface area contributed by atoms with E-state index in [0.717, 1.165) is 24.0 Å². The third-order valence-corrected chi connectivity index (χ3v) is 4.47. The zero-order valence-electron chi connectivity index (χ0n) is 13.7. The van der Waals surface area contributed by atoms with Crippen LogP contribution in [0.2, 0.25) is 0 Å². The molecule has 1 aromatic carbocycles. The van der Waals surface area contributed by atoms with Crippen LogP contribution in [-0.2, 0) is 4.79 Å². The lowest BCUT2D eigenvalue weighted by Gasteiger charge is -2.27. The molecule has 1 aliphatic heterocycles. The van der Waals surface area contributed by atoms with E-state index >= 15 is 0 Å². The number of hydrogen-bond donors (Lipinski definition) is 2. The molecule has 3 N–H and O–H groups in total. The van der Waals surface area contributed by atoms with Gasteiger partial charge in [0, 0.05) is 29.3 Å². The highest BCUT2D eigenvalue weighted by Gasteiger charge is 2.31. The van der Waals surface area contributed by atoms with Crippen LogP contribution in [0.5, 0.6) is 0 Å². The molecular weight excluding hydrogens is 401 g/mol. The summed E-state index contributed by atoms with van der Waals surface area (Å²) >= 11 is 3.44. The Kier molecular flexibility index (Phi) is 8.92. The predicted octanol–water partition coefficient (Wildman–Crippen LogP) is 3.36. The van der Waals surface area contributed by atoms with Crippen molar-refractivity contribution < 1.29 is 4.79 Å². The largest absolute Gasteiger partial charge is 0.369 e. The zero-order chi connectivity index (χ0) is 15.6. The number of rotatable bonds is 3. The minimum Gasteiger partial charge on any atom is -0.369 e. The Labute approximate surface area is 159 Å². The second kappa shape index (κ2) is 9.11. The van der Waals surface area contributed by atoms with Gasteiger partial charge in [0.25, 0.3) is 0 Å². The highest BCUT2D eigenvalue weighted by atomic mass is 79.9. The Morgan fingerprint density at radius 3 is 2.39 bits per heavy atom. The summed E-state index contributed by atoms with van der Waals surface area (Å²) in [7, 11) is 0. The van der Waals surface area contributed by atoms with Crippen molar-refractivity contribution in [1.29, 1.82) is 0 Å². The maximum atomic E-state index is 12.2. The van der Waals surface area contributed by atoms with E-state index in [1.165, 1.54) is 5.69 Å². The second-order valence-electron chi connectivity index (χ2n) is 6.76. The van der Waals surface area contributed by atoms with Gasteiger partial charge >= 0.3 is 0 Å². The van der Waals surface area contributed by atoms with E-state index in [1.807, 2.05) is 32.9 Å². The van der Waals surface area contributed by atoms with Gasteiger partial charge in [-0.3, -0.25) is 4.79 Å². The van der Waals surface area contributed by atoms with Crippen LogP contribution >= 0.6 is 40.7 Å². The number of amides is 1. The second-order valence-corrected chi connectivity index (χ2v) is 7.68. The molecule has 23 heavy (non-hydrogen) atoms. The Bertz CT molecular complexity index is 505. The molecule has 1 aromatic rings. The lowest BCUT2D eigenvalue weighted by atomic mass is 9.87. The van der Waals surface area contributed by atoms with Crippen molar-refractivity contribution in [2.45, 2.75) is 39.3 Å². The fourth-order valence-corrected chi connectivity index (χ4v) is 2.71. The van der Waals surface area contributed by atoms with Crippen molar-refractivity contribution in [2.75, 3.05) is 18.0 Å². The highest BCUT2D eigenvalue weighted by molar-refractivity contribution is 9.10. The molecule has 1 heterocycles. The van der Waals surface area contributed by atoms with E-state index in [4.69, 9.17) is 5.73 Å². The van der Waals surface area contributed by atoms with Gasteiger partial charge in [-0.15, -0.1) is 24.8 Å². The van der Waals surface area contributed by atoms with Crippen LogP contribution in [0.3, 0.4) is 0 Å². The van der Waals surface area contributed by atoms with Gasteiger partial charge in [0.1, 0.15) is 0 Å². The molecule has 1 fully saturated rings. The molecule has 0 aromatic heterocycles. The molecular formula is C16H26BrCl2N3O. The zero-order valence-corrected chi connectivity index (χ0v) is 16.9. The molecule has 0 aliphatic carbocycles. The number of benzene rings is 1. The summed E-state index contributed by atoms with van der Waals surface area (Å²) in [5, 5.41) is 3.08. The topological polar surface area (TPSA) is 58.4 Å². The van der Waals surface area contributed by atoms with Crippen molar-refractivity contribution in [2.24, 2.45) is 11.1 Å². The van der Waals surface area contributed by atoms with E-state index in [0.29, 0.717) is 0 Å². The maximum absolute atomic E-state index is 12.2. The molecule has 1 aliphatic rings. The molecule has 0 bridgehead atoms. The highest BCUT2D eigenvalue weighted by Crippen LogP contribution is 2.23. The fraction of sp³-hybridized carbons (Fsp3) is 0.562. The third kappa shape index (κ3) is 6.14. The summed E-state index contributed by atoms with van der Waals surface area (Å²) < 4.78 is 1.08. The fourth-order valence-electron chi connectivity index (χ4n) is 2.45. The first kappa shape index (κ1) is 22.5. The lowest BCUT2D eigenvalue weighted by molar-refractivity contribution is -0.125. The number of halogens is 3. The van der Waals surface area contributed by atoms with Crippen molar-refractivity contribution in [3.63, 3.8) is 0 Å². The van der Waals surface area contributed by atoms with Gasteiger partial charge in [0.15, 0.2) is 0 Å². The van der Waals surface area contributed by atoms with Crippen LogP contribution in [0.25, 0.3) is 0 Å². The molecule has 2 atom stereocenters. The first-order valence-corrected chi connectivity index (χ1v) is 8.13. The molecule has 2 rings (SSSR count). The van der Waals surface area contributed by atoms with Gasteiger partial charge in [-0.25, -0.2) is 0 Å². The van der Waals surface area contributed by atoms with Gasteiger partial charge in [0.2, 0.25) is 5.91 Å². The summed E-state index contributed by atoms with van der Waals surface area (Å²) in [5.74, 6) is -0.0508. The first-order valence-electron chi connectivity index (χ1n) is 7.34. The molecule has 0 radical (unpaired) electrons. The van der Waals surface area contributed by atoms with Crippen molar-refractivity contribution >= 4 is 52.3 Å². The Balaban J connectivity index is 0.00000242. The molecule has 132 valence electrons. The molecule has 1 amide bonds. The number of carbonyl (C=O) groups excluding carboxylic acids is 1. The normalized spacial score (nSPS) is 18.7. The number of nitrogens with zero attached hydrogens (tertiary/aromatic N) is 1. The van der Waals surface area contributed by atoms with E-state index in [2.05, 4.69) is 38.3 Å². The monoisotopic (exact) mass is 425 g/mol. The number of hydrogen-bond acceptors (Lipinski definition) is 3. The van der Waals surface area contributed by atoms with Crippen molar-refractivity contribution in [3.8, 4) is 0 Å². The van der Waals surface area contributed by atoms with Crippen LogP contribution in [-0.4, -0.2) is 31.1 Å². The summed E-state index contributed by atoms with van der Waals surface area (Å²) in [6, 6.07) is 7.96. The van der Waals surface area contributed by atoms with E-state index < -0.39 is 6.04 Å². The lowest BCUT2D eigenvalue weighted by Crippen LogP contribution is -2.51. The summed E-state index contributed by atoms with van der Waals surface area (Å²) in [6.07, 6.45) is 0.957. The van der Waals surface area contributed by atoms with Crippen LogP contribution in [0, 0.1) is 5.41 Å². The van der Waals surface area contributed by atoms with E-state index in [1.54, 1.807) is 0 Å². The average molecular weight is 427 g/mol. The van der Waals surface area contributed by atoms with Gasteiger partial charge in [0.05, 0.1) is 6.04 Å². The Morgan fingerprint density at radius 1 is 1.30 bits per heavy atom. The van der Waals surface area contributed by atoms with Gasteiger partial charge in [-0.2, -0.15) is 0 Å². The predicted molar refractivity (Wildman–Crippen MR) is 105 cm³/mol. The number of nitrogens with two attached hydrogens (primary N) is 1. The third-order valence-electron chi connectivity index (χ3n) is 3.94. The van der Waals surface area contributed by atoms with Gasteiger partial charge < -0.3 is 16.0 Å². The van der Waals surface area contributed by atoms with E-state index in [-0.39, 0.29) is 42.2 Å². The van der Waals surface area contributed by atoms with Crippen molar-refractivity contribution in [3.05, 3.63) is 28.7 Å². The Hall–Kier alpha value is -0.490. The number of carbonyl (C=O) groups is 1. The van der Waals surface area contributed by atoms with Crippen molar-refractivity contribution in [1.82, 2.24) is 5.32 Å². The molecule has 4 nitrogen and oxygen atoms in total. The number of anilines is 1. The number of nitrogens with one attached hydrogen (secondary N) is 1. The smallest absolute Gasteiger partial charge is 0.237 e. The van der Waals surface area contributed by atoms with Crippen LogP contribution < -0.4 is 16.0 Å². The average Bonchev–Trinajstić information content (AvgIpc) is 2.86. The quantitative estimate of drug-likeness (QED) is 0.778. The SMILES string of the molecule is CC(C)(C)[C@H](N)C(=O)NC1CCN(c2ccc(Br)cc2)C1.Cl.Cl. The van der Waals surface area contributed by atoms with Gasteiger partial charge in [-0.1, -0.05) is 36.7 Å². The van der Waals surface area contributed by atoms with Crippen LogP contribution in [0.4, 0.5) is 5.69 Å². The maximum Gasteiger partial charge on any atom is 0.237 e. The minimum absolute atomic E-state index is 0. The van der Waals surface area contributed by atoms with E-state index in [9.17, 15) is 4.79 Å². The molecule has 1 saturated heterocycles. The molecule has 0 spiro atoms. The molecule has 0 saturated carbocycles. The Morgan fingerprint density at radius 2 is 1.87 bits per heavy atom. The standard InChI is InChI=1S/C16H24BrN3O.2ClH/c1-16(2,3)14(18)15(21)19-12-8-9-20(10-12)13-6-4-11(17)5-7-13;;/h4-7,12,14H,8-10,18H2,1-3H3,(H,19,21);2*1H/t12?,14-;;/m1../s1. The summed E-state index contributed by atoms with van der Waals surface area (Å²) in [5.41, 5.74) is 6.98. The minimum atomic E-state index is -0.473. The van der Waals surface area contributed by atoms with Gasteiger partial charge in [-0.05, 0) is 36.1 Å². The summed E-state index contributed by atoms with van der Waals surface area (Å²) in [6.45, 7) is 7.75. The molecule has 7 heteroatoms. The summed E-state index contributed by atoms with van der Waals surface area (Å²) in [4.78, 5) is 14.5. The van der Waals surface area contributed by atoms with Crippen LogP contribution in [0.1, 0.15) is 27.2 Å². The first-order chi connectivity index (χ1) is 9.77. The molecule has 1 unspecified atom stereocenters. The van der Waals surface area contributed by atoms with Crippen LogP contribution in [0.15, 0.2) is 28.7 Å².